The van der Waals surface area contributed by atoms with Gasteiger partial charge in [-0.3, -0.25) is 0 Å². The lowest BCUT2D eigenvalue weighted by molar-refractivity contribution is 0.475. The first kappa shape index (κ1) is 16.1. The summed E-state index contributed by atoms with van der Waals surface area (Å²) in [4.78, 5) is 0. The largest absolute Gasteiger partial charge is 0.383 e. The van der Waals surface area contributed by atoms with Gasteiger partial charge in [-0.15, -0.1) is 0 Å². The molecule has 1 atom stereocenters. The van der Waals surface area contributed by atoms with Crippen LogP contribution in [0.2, 0.25) is 0 Å². The standard InChI is InChI=1S/C18H26N2/c1-14(2)13-17(5)19-15(3)11-12-16(4)20-18-9-7-6-8-10-18/h6-12,14,17,19-20H,3-4,13H2,1-2,5H3/b12-11-. The maximum atomic E-state index is 4.01. The quantitative estimate of drug-likeness (QED) is 0.669. The van der Waals surface area contributed by atoms with E-state index < -0.39 is 0 Å². The van der Waals surface area contributed by atoms with Crippen molar-refractivity contribution < 1.29 is 0 Å². The smallest absolute Gasteiger partial charge is 0.0384 e. The summed E-state index contributed by atoms with van der Waals surface area (Å²) in [7, 11) is 0. The van der Waals surface area contributed by atoms with Gasteiger partial charge in [0, 0.05) is 23.1 Å². The molecule has 0 radical (unpaired) electrons. The monoisotopic (exact) mass is 270 g/mol. The molecule has 2 heteroatoms. The molecule has 0 fully saturated rings. The molecule has 1 aromatic carbocycles. The number of allylic oxidation sites excluding steroid dienone is 2. The van der Waals surface area contributed by atoms with Crippen LogP contribution in [0.5, 0.6) is 0 Å². The zero-order chi connectivity index (χ0) is 15.0. The maximum absolute atomic E-state index is 4.01. The van der Waals surface area contributed by atoms with E-state index in [0.717, 1.165) is 23.5 Å². The molecule has 0 bridgehead atoms. The summed E-state index contributed by atoms with van der Waals surface area (Å²) in [5, 5.41) is 6.61. The Labute approximate surface area is 123 Å². The average Bonchev–Trinajstić information content (AvgIpc) is 2.36. The molecule has 2 N–H and O–H groups in total. The first-order valence-corrected chi connectivity index (χ1v) is 7.12. The van der Waals surface area contributed by atoms with Gasteiger partial charge < -0.3 is 10.6 Å². The summed E-state index contributed by atoms with van der Waals surface area (Å²) in [6.45, 7) is 14.6. The Balaban J connectivity index is 2.39. The number of hydrogen-bond donors (Lipinski definition) is 2. The van der Waals surface area contributed by atoms with Crippen LogP contribution in [-0.4, -0.2) is 6.04 Å². The number of nitrogens with one attached hydrogen (secondary N) is 2. The summed E-state index contributed by atoms with van der Waals surface area (Å²) < 4.78 is 0. The fourth-order valence-electron chi connectivity index (χ4n) is 2.08. The minimum atomic E-state index is 0.433. The van der Waals surface area contributed by atoms with Crippen LogP contribution in [0.25, 0.3) is 0 Å². The van der Waals surface area contributed by atoms with E-state index in [1.165, 1.54) is 0 Å². The lowest BCUT2D eigenvalue weighted by atomic mass is 10.1. The summed E-state index contributed by atoms with van der Waals surface area (Å²) in [5.41, 5.74) is 2.79. The molecule has 0 aliphatic carbocycles. The molecule has 20 heavy (non-hydrogen) atoms. The lowest BCUT2D eigenvalue weighted by Gasteiger charge is -2.17. The van der Waals surface area contributed by atoms with Crippen LogP contribution in [0.4, 0.5) is 5.69 Å². The Morgan fingerprint density at radius 2 is 1.65 bits per heavy atom. The van der Waals surface area contributed by atoms with Gasteiger partial charge in [-0.1, -0.05) is 45.2 Å². The summed E-state index contributed by atoms with van der Waals surface area (Å²) in [6.07, 6.45) is 5.02. The molecule has 0 heterocycles. The first-order valence-electron chi connectivity index (χ1n) is 7.12. The minimum absolute atomic E-state index is 0.433. The minimum Gasteiger partial charge on any atom is -0.383 e. The van der Waals surface area contributed by atoms with E-state index in [0.29, 0.717) is 12.0 Å². The molecule has 1 unspecified atom stereocenters. The van der Waals surface area contributed by atoms with Crippen molar-refractivity contribution in [2.45, 2.75) is 33.2 Å². The second-order valence-electron chi connectivity index (χ2n) is 5.55. The maximum Gasteiger partial charge on any atom is 0.0384 e. The van der Waals surface area contributed by atoms with E-state index in [9.17, 15) is 0 Å². The van der Waals surface area contributed by atoms with Crippen LogP contribution in [0, 0.1) is 5.92 Å². The van der Waals surface area contributed by atoms with Gasteiger partial charge in [0.05, 0.1) is 0 Å². The van der Waals surface area contributed by atoms with Crippen molar-refractivity contribution in [3.05, 3.63) is 67.0 Å². The Morgan fingerprint density at radius 1 is 1.05 bits per heavy atom. The van der Waals surface area contributed by atoms with Crippen molar-refractivity contribution in [3.63, 3.8) is 0 Å². The summed E-state index contributed by atoms with van der Waals surface area (Å²) in [6, 6.07) is 10.4. The highest BCUT2D eigenvalue weighted by Gasteiger charge is 2.03. The average molecular weight is 270 g/mol. The highest BCUT2D eigenvalue weighted by atomic mass is 14.9. The zero-order valence-corrected chi connectivity index (χ0v) is 12.8. The normalized spacial score (nSPS) is 12.4. The predicted octanol–water partition coefficient (Wildman–Crippen LogP) is 4.71. The second-order valence-corrected chi connectivity index (χ2v) is 5.55. The lowest BCUT2D eigenvalue weighted by Crippen LogP contribution is -2.25. The van der Waals surface area contributed by atoms with E-state index >= 15 is 0 Å². The topological polar surface area (TPSA) is 24.1 Å². The Kier molecular flexibility index (Phi) is 6.65. The number of anilines is 1. The third-order valence-corrected chi connectivity index (χ3v) is 2.82. The summed E-state index contributed by atoms with van der Waals surface area (Å²) >= 11 is 0. The molecule has 0 aliphatic heterocycles. The second kappa shape index (κ2) is 8.26. The van der Waals surface area contributed by atoms with Crippen molar-refractivity contribution in [3.8, 4) is 0 Å². The van der Waals surface area contributed by atoms with Gasteiger partial charge >= 0.3 is 0 Å². The van der Waals surface area contributed by atoms with Gasteiger partial charge in [0.1, 0.15) is 0 Å². The molecular weight excluding hydrogens is 244 g/mol. The third kappa shape index (κ3) is 6.83. The van der Waals surface area contributed by atoms with Crippen molar-refractivity contribution in [1.82, 2.24) is 5.32 Å². The zero-order valence-electron chi connectivity index (χ0n) is 12.8. The van der Waals surface area contributed by atoms with E-state index in [4.69, 9.17) is 0 Å². The number of benzene rings is 1. The Hall–Kier alpha value is -1.96. The molecule has 1 rings (SSSR count). The third-order valence-electron chi connectivity index (χ3n) is 2.82. The molecule has 0 saturated carbocycles. The van der Waals surface area contributed by atoms with Gasteiger partial charge in [-0.25, -0.2) is 0 Å². The predicted molar refractivity (Wildman–Crippen MR) is 89.5 cm³/mol. The molecule has 1 aromatic rings. The molecule has 0 spiro atoms. The number of para-hydroxylation sites is 1. The van der Waals surface area contributed by atoms with E-state index in [1.54, 1.807) is 0 Å². The van der Waals surface area contributed by atoms with E-state index in [2.05, 4.69) is 44.6 Å². The summed E-state index contributed by atoms with van der Waals surface area (Å²) in [5.74, 6) is 0.684. The van der Waals surface area contributed by atoms with Crippen LogP contribution >= 0.6 is 0 Å². The van der Waals surface area contributed by atoms with Crippen LogP contribution in [0.3, 0.4) is 0 Å². The Bertz CT molecular complexity index is 458. The molecule has 0 aliphatic rings. The first-order chi connectivity index (χ1) is 9.47. The van der Waals surface area contributed by atoms with Crippen LogP contribution in [-0.2, 0) is 0 Å². The highest BCUT2D eigenvalue weighted by Crippen LogP contribution is 2.09. The van der Waals surface area contributed by atoms with Crippen molar-refractivity contribution in [2.75, 3.05) is 5.32 Å². The SMILES string of the molecule is C=C(/C=C\C(=C)NC(C)CC(C)C)Nc1ccccc1. The fraction of sp³-hybridized carbons (Fsp3) is 0.333. The molecule has 0 saturated heterocycles. The van der Waals surface area contributed by atoms with Gasteiger partial charge in [0.25, 0.3) is 0 Å². The van der Waals surface area contributed by atoms with Crippen LogP contribution < -0.4 is 10.6 Å². The highest BCUT2D eigenvalue weighted by molar-refractivity contribution is 5.50. The van der Waals surface area contributed by atoms with Crippen molar-refractivity contribution in [2.24, 2.45) is 5.92 Å². The Morgan fingerprint density at radius 3 is 2.25 bits per heavy atom. The van der Waals surface area contributed by atoms with Gasteiger partial charge in [-0.2, -0.15) is 0 Å². The molecule has 0 aromatic heterocycles. The van der Waals surface area contributed by atoms with Crippen LogP contribution in [0.15, 0.2) is 67.0 Å². The van der Waals surface area contributed by atoms with Gasteiger partial charge in [0.15, 0.2) is 0 Å². The van der Waals surface area contributed by atoms with Crippen molar-refractivity contribution in [1.29, 1.82) is 0 Å². The van der Waals surface area contributed by atoms with Crippen molar-refractivity contribution >= 4 is 5.69 Å². The number of rotatable bonds is 8. The fourth-order valence-corrected chi connectivity index (χ4v) is 2.08. The van der Waals surface area contributed by atoms with Gasteiger partial charge in [0.2, 0.25) is 0 Å². The van der Waals surface area contributed by atoms with E-state index in [1.807, 2.05) is 42.5 Å². The van der Waals surface area contributed by atoms with Gasteiger partial charge in [-0.05, 0) is 43.5 Å². The molecule has 108 valence electrons. The van der Waals surface area contributed by atoms with Crippen LogP contribution in [0.1, 0.15) is 27.2 Å². The molecule has 2 nitrogen and oxygen atoms in total. The number of hydrogen-bond acceptors (Lipinski definition) is 2. The molecular formula is C18H26N2. The van der Waals surface area contributed by atoms with E-state index in [-0.39, 0.29) is 0 Å². The molecule has 0 amide bonds.